The van der Waals surface area contributed by atoms with Crippen molar-refractivity contribution in [2.75, 3.05) is 29.5 Å². The van der Waals surface area contributed by atoms with Crippen LogP contribution >= 0.6 is 23.4 Å². The smallest absolute Gasteiger partial charge is 0.158 e. The van der Waals surface area contributed by atoms with Gasteiger partial charge in [-0.25, -0.2) is 15.0 Å². The summed E-state index contributed by atoms with van der Waals surface area (Å²) in [5.41, 5.74) is 1.64. The summed E-state index contributed by atoms with van der Waals surface area (Å²) in [5.74, 6) is 3.16. The molecular weight excluding hydrogens is 256 g/mol. The maximum atomic E-state index is 5.94. The number of hydrogen-bond acceptors (Lipinski definition) is 5. The lowest BCUT2D eigenvalue weighted by atomic mass is 10.3. The van der Waals surface area contributed by atoms with Crippen LogP contribution in [0.1, 0.15) is 0 Å². The highest BCUT2D eigenvalue weighted by Crippen LogP contribution is 2.24. The van der Waals surface area contributed by atoms with Crippen LogP contribution < -0.4 is 4.90 Å². The minimum Gasteiger partial charge on any atom is -0.353 e. The maximum Gasteiger partial charge on any atom is 0.158 e. The molecule has 0 atom stereocenters. The number of hydrogen-bond donors (Lipinski definition) is 0. The number of anilines is 1. The lowest BCUT2D eigenvalue weighted by Crippen LogP contribution is -2.33. The van der Waals surface area contributed by atoms with Gasteiger partial charge in [0.2, 0.25) is 0 Å². The minimum absolute atomic E-state index is 0.486. The molecule has 0 aromatic carbocycles. The Balaban J connectivity index is 2.11. The zero-order valence-corrected chi connectivity index (χ0v) is 10.7. The fourth-order valence-corrected chi connectivity index (χ4v) is 2.96. The van der Waals surface area contributed by atoms with E-state index in [0.29, 0.717) is 5.15 Å². The molecule has 6 heteroatoms. The van der Waals surface area contributed by atoms with Crippen molar-refractivity contribution in [1.29, 1.82) is 0 Å². The summed E-state index contributed by atoms with van der Waals surface area (Å²) in [6.45, 7) is 2.01. The highest BCUT2D eigenvalue weighted by atomic mass is 35.5. The molecule has 17 heavy (non-hydrogen) atoms. The zero-order valence-electron chi connectivity index (χ0n) is 9.14. The summed E-state index contributed by atoms with van der Waals surface area (Å²) in [6.07, 6.45) is 1.59. The molecule has 2 aromatic heterocycles. The number of pyridine rings is 1. The quantitative estimate of drug-likeness (QED) is 0.741. The first kappa shape index (κ1) is 11.0. The average molecular weight is 267 g/mol. The van der Waals surface area contributed by atoms with Crippen molar-refractivity contribution >= 4 is 40.2 Å². The van der Waals surface area contributed by atoms with Crippen LogP contribution in [0.2, 0.25) is 5.15 Å². The van der Waals surface area contributed by atoms with Crippen LogP contribution in [0, 0.1) is 0 Å². The monoisotopic (exact) mass is 266 g/mol. The van der Waals surface area contributed by atoms with Gasteiger partial charge < -0.3 is 4.90 Å². The Morgan fingerprint density at radius 3 is 2.82 bits per heavy atom. The number of halogens is 1. The molecule has 1 aliphatic heterocycles. The molecule has 0 amide bonds. The molecule has 0 aliphatic carbocycles. The largest absolute Gasteiger partial charge is 0.353 e. The Bertz CT molecular complexity index is 542. The van der Waals surface area contributed by atoms with Crippen LogP contribution in [0.4, 0.5) is 5.82 Å². The second-order valence-electron chi connectivity index (χ2n) is 3.80. The second-order valence-corrected chi connectivity index (χ2v) is 5.41. The van der Waals surface area contributed by atoms with Crippen LogP contribution in [0.15, 0.2) is 18.5 Å². The van der Waals surface area contributed by atoms with Crippen molar-refractivity contribution in [3.8, 4) is 0 Å². The van der Waals surface area contributed by atoms with E-state index in [0.717, 1.165) is 41.4 Å². The van der Waals surface area contributed by atoms with Crippen molar-refractivity contribution in [2.24, 2.45) is 0 Å². The molecule has 0 N–H and O–H groups in total. The van der Waals surface area contributed by atoms with E-state index in [9.17, 15) is 0 Å². The van der Waals surface area contributed by atoms with Crippen LogP contribution in [-0.4, -0.2) is 39.5 Å². The van der Waals surface area contributed by atoms with E-state index in [1.807, 2.05) is 17.8 Å². The Morgan fingerprint density at radius 1 is 1.18 bits per heavy atom. The molecule has 1 aliphatic rings. The third-order valence-corrected chi connectivity index (χ3v) is 3.89. The van der Waals surface area contributed by atoms with E-state index >= 15 is 0 Å². The third-order valence-electron chi connectivity index (χ3n) is 2.74. The van der Waals surface area contributed by atoms with E-state index in [1.165, 1.54) is 0 Å². The minimum atomic E-state index is 0.486. The van der Waals surface area contributed by atoms with Gasteiger partial charge in [0, 0.05) is 24.6 Å². The predicted molar refractivity (Wildman–Crippen MR) is 71.9 cm³/mol. The summed E-state index contributed by atoms with van der Waals surface area (Å²) in [4.78, 5) is 15.2. The summed E-state index contributed by atoms with van der Waals surface area (Å²) in [7, 11) is 0. The van der Waals surface area contributed by atoms with Crippen LogP contribution in [0.5, 0.6) is 0 Å². The van der Waals surface area contributed by atoms with Crippen molar-refractivity contribution in [3.63, 3.8) is 0 Å². The van der Waals surface area contributed by atoms with Gasteiger partial charge in [-0.3, -0.25) is 0 Å². The third kappa shape index (κ3) is 2.17. The molecule has 0 radical (unpaired) electrons. The molecule has 1 fully saturated rings. The highest BCUT2D eigenvalue weighted by molar-refractivity contribution is 7.99. The lowest BCUT2D eigenvalue weighted by Gasteiger charge is -2.27. The van der Waals surface area contributed by atoms with Gasteiger partial charge in [-0.1, -0.05) is 11.6 Å². The van der Waals surface area contributed by atoms with Gasteiger partial charge in [-0.2, -0.15) is 11.8 Å². The van der Waals surface area contributed by atoms with Crippen molar-refractivity contribution in [2.45, 2.75) is 0 Å². The van der Waals surface area contributed by atoms with E-state index in [4.69, 9.17) is 11.6 Å². The lowest BCUT2D eigenvalue weighted by molar-refractivity contribution is 0.840. The Kier molecular flexibility index (Phi) is 3.03. The molecule has 0 bridgehead atoms. The van der Waals surface area contributed by atoms with E-state index < -0.39 is 0 Å². The summed E-state index contributed by atoms with van der Waals surface area (Å²) in [5, 5.41) is 0.486. The fourth-order valence-electron chi connectivity index (χ4n) is 1.91. The van der Waals surface area contributed by atoms with Gasteiger partial charge in [0.05, 0.1) is 5.52 Å². The molecular formula is C11H11ClN4S. The Labute approximate surface area is 108 Å². The number of nitrogens with zero attached hydrogens (tertiary/aromatic N) is 4. The molecule has 0 unspecified atom stereocenters. The van der Waals surface area contributed by atoms with Gasteiger partial charge in [-0.05, 0) is 12.1 Å². The average Bonchev–Trinajstić information content (AvgIpc) is 2.39. The standard InChI is InChI=1S/C11H11ClN4S/c12-9-2-1-8-10(15-9)11(14-7-13-8)16-3-5-17-6-4-16/h1-2,7H,3-6H2. The van der Waals surface area contributed by atoms with Gasteiger partial charge in [-0.15, -0.1) is 0 Å². The van der Waals surface area contributed by atoms with E-state index in [2.05, 4.69) is 19.9 Å². The molecule has 88 valence electrons. The summed E-state index contributed by atoms with van der Waals surface area (Å²) >= 11 is 7.91. The number of rotatable bonds is 1. The van der Waals surface area contributed by atoms with Crippen molar-refractivity contribution in [1.82, 2.24) is 15.0 Å². The predicted octanol–water partition coefficient (Wildman–Crippen LogP) is 2.23. The summed E-state index contributed by atoms with van der Waals surface area (Å²) in [6, 6.07) is 3.64. The molecule has 4 nitrogen and oxygen atoms in total. The van der Waals surface area contributed by atoms with Crippen molar-refractivity contribution < 1.29 is 0 Å². The van der Waals surface area contributed by atoms with Crippen LogP contribution in [0.25, 0.3) is 11.0 Å². The Hall–Kier alpha value is -1.07. The van der Waals surface area contributed by atoms with Gasteiger partial charge >= 0.3 is 0 Å². The number of thioether (sulfide) groups is 1. The van der Waals surface area contributed by atoms with E-state index in [-0.39, 0.29) is 0 Å². The summed E-state index contributed by atoms with van der Waals surface area (Å²) < 4.78 is 0. The first-order chi connectivity index (χ1) is 8.34. The highest BCUT2D eigenvalue weighted by Gasteiger charge is 2.16. The normalized spacial score (nSPS) is 16.4. The van der Waals surface area contributed by atoms with E-state index in [1.54, 1.807) is 12.4 Å². The maximum absolute atomic E-state index is 5.94. The van der Waals surface area contributed by atoms with Gasteiger partial charge in [0.25, 0.3) is 0 Å². The van der Waals surface area contributed by atoms with Crippen LogP contribution in [-0.2, 0) is 0 Å². The SMILES string of the molecule is Clc1ccc2ncnc(N3CCSCC3)c2n1. The Morgan fingerprint density at radius 2 is 2.00 bits per heavy atom. The topological polar surface area (TPSA) is 41.9 Å². The first-order valence-electron chi connectivity index (χ1n) is 5.44. The van der Waals surface area contributed by atoms with Crippen molar-refractivity contribution in [3.05, 3.63) is 23.6 Å². The molecule has 2 aromatic rings. The molecule has 1 saturated heterocycles. The first-order valence-corrected chi connectivity index (χ1v) is 6.98. The zero-order chi connectivity index (χ0) is 11.7. The number of aromatic nitrogens is 3. The van der Waals surface area contributed by atoms with Gasteiger partial charge in [0.15, 0.2) is 5.82 Å². The molecule has 3 rings (SSSR count). The molecule has 3 heterocycles. The van der Waals surface area contributed by atoms with Gasteiger partial charge in [0.1, 0.15) is 17.0 Å². The second kappa shape index (κ2) is 4.66. The van der Waals surface area contributed by atoms with Crippen LogP contribution in [0.3, 0.4) is 0 Å². The fraction of sp³-hybridized carbons (Fsp3) is 0.364. The molecule has 0 spiro atoms. The molecule has 0 saturated carbocycles. The number of fused-ring (bicyclic) bond motifs is 1.